The molecular weight excluding hydrogens is 482 g/mol. The molecule has 0 amide bonds. The fourth-order valence-corrected chi connectivity index (χ4v) is 6.64. The summed E-state index contributed by atoms with van der Waals surface area (Å²) < 4.78 is 0. The van der Waals surface area contributed by atoms with E-state index in [1.54, 1.807) is 0 Å². The Hall–Kier alpha value is -1.52. The first-order chi connectivity index (χ1) is 13.8. The molecule has 3 aromatic carbocycles. The van der Waals surface area contributed by atoms with Gasteiger partial charge in [-0.15, -0.1) is 0 Å². The summed E-state index contributed by atoms with van der Waals surface area (Å²) in [5.74, 6) is 0. The zero-order valence-electron chi connectivity index (χ0n) is 16.2. The van der Waals surface area contributed by atoms with Gasteiger partial charge in [-0.05, 0) is 61.2 Å². The van der Waals surface area contributed by atoms with Gasteiger partial charge in [0.1, 0.15) is 0 Å². The standard InChI is InChI=1S/C26H24ClP.Rh/c27-24-19-12-20-25(26(24)21-13-6-2-1-3-7-14-21)28(22-15-8-4-9-16-22)23-17-10-5-11-18-23;/h1-2,4-5,8-12,14-20H,3,6-7,13H2;. The molecule has 0 spiro atoms. The van der Waals surface area contributed by atoms with Crippen LogP contribution >= 0.6 is 19.5 Å². The summed E-state index contributed by atoms with van der Waals surface area (Å²) in [6.45, 7) is 0. The molecule has 0 aromatic heterocycles. The molecule has 1 aliphatic rings. The maximum Gasteiger partial charge on any atom is 0.0487 e. The predicted octanol–water partition coefficient (Wildman–Crippen LogP) is 6.61. The number of hydrogen-bond donors (Lipinski definition) is 0. The van der Waals surface area contributed by atoms with Crippen molar-refractivity contribution in [3.8, 4) is 0 Å². The van der Waals surface area contributed by atoms with Crippen molar-refractivity contribution in [2.24, 2.45) is 0 Å². The van der Waals surface area contributed by atoms with Crippen LogP contribution in [0.1, 0.15) is 31.2 Å². The Bertz CT molecular complexity index is 941. The second-order valence-electron chi connectivity index (χ2n) is 6.96. The predicted molar refractivity (Wildman–Crippen MR) is 126 cm³/mol. The van der Waals surface area contributed by atoms with Crippen molar-refractivity contribution in [2.75, 3.05) is 0 Å². The molecule has 4 rings (SSSR count). The van der Waals surface area contributed by atoms with Gasteiger partial charge in [0.05, 0.1) is 0 Å². The van der Waals surface area contributed by atoms with Crippen LogP contribution in [0.15, 0.2) is 97.1 Å². The van der Waals surface area contributed by atoms with E-state index in [0.717, 1.165) is 30.7 Å². The quantitative estimate of drug-likeness (QED) is 0.213. The Morgan fingerprint density at radius 2 is 1.28 bits per heavy atom. The maximum absolute atomic E-state index is 6.83. The van der Waals surface area contributed by atoms with E-state index in [2.05, 4.69) is 91.0 Å². The second-order valence-corrected chi connectivity index (χ2v) is 9.55. The van der Waals surface area contributed by atoms with Crippen LogP contribution in [0.5, 0.6) is 0 Å². The molecule has 149 valence electrons. The molecule has 0 saturated heterocycles. The van der Waals surface area contributed by atoms with E-state index >= 15 is 0 Å². The molecule has 0 aliphatic heterocycles. The first-order valence-electron chi connectivity index (χ1n) is 9.88. The Morgan fingerprint density at radius 3 is 1.93 bits per heavy atom. The summed E-state index contributed by atoms with van der Waals surface area (Å²) in [7, 11) is -0.666. The van der Waals surface area contributed by atoms with E-state index in [9.17, 15) is 0 Å². The molecule has 0 saturated carbocycles. The summed E-state index contributed by atoms with van der Waals surface area (Å²) in [4.78, 5) is 0. The van der Waals surface area contributed by atoms with Crippen LogP contribution in [-0.2, 0) is 19.5 Å². The topological polar surface area (TPSA) is 0 Å². The molecule has 29 heavy (non-hydrogen) atoms. The minimum Gasteiger partial charge on any atom is -0.0882 e. The molecule has 0 unspecified atom stereocenters. The minimum atomic E-state index is -0.666. The van der Waals surface area contributed by atoms with Gasteiger partial charge in [-0.1, -0.05) is 103 Å². The maximum atomic E-state index is 6.83. The molecule has 0 fully saturated rings. The largest absolute Gasteiger partial charge is 0.0882 e. The average molecular weight is 506 g/mol. The Balaban J connectivity index is 0.00000240. The Morgan fingerprint density at radius 1 is 0.655 bits per heavy atom. The van der Waals surface area contributed by atoms with Crippen LogP contribution in [0.4, 0.5) is 0 Å². The van der Waals surface area contributed by atoms with E-state index in [-0.39, 0.29) is 19.5 Å². The number of halogens is 1. The van der Waals surface area contributed by atoms with Gasteiger partial charge in [0.25, 0.3) is 0 Å². The molecule has 3 aromatic rings. The second kappa shape index (κ2) is 11.0. The van der Waals surface area contributed by atoms with E-state index in [1.165, 1.54) is 27.1 Å². The van der Waals surface area contributed by atoms with Crippen molar-refractivity contribution in [3.05, 3.63) is 108 Å². The van der Waals surface area contributed by atoms with Crippen molar-refractivity contribution >= 4 is 41.0 Å². The monoisotopic (exact) mass is 505 g/mol. The molecule has 0 atom stereocenters. The molecule has 0 nitrogen and oxygen atoms in total. The van der Waals surface area contributed by atoms with Crippen molar-refractivity contribution < 1.29 is 19.5 Å². The SMILES string of the molecule is Clc1cccc(P(c2ccccc2)c2ccccc2)c1C1=CCCC=CCC1.[Rh]. The normalized spacial score (nSPS) is 13.9. The van der Waals surface area contributed by atoms with Crippen LogP contribution in [0.25, 0.3) is 5.57 Å². The van der Waals surface area contributed by atoms with Crippen LogP contribution in [0.2, 0.25) is 5.02 Å². The van der Waals surface area contributed by atoms with E-state index in [4.69, 9.17) is 11.6 Å². The number of benzene rings is 3. The Kier molecular flexibility index (Phi) is 8.44. The van der Waals surface area contributed by atoms with Crippen molar-refractivity contribution in [2.45, 2.75) is 25.7 Å². The van der Waals surface area contributed by atoms with Crippen molar-refractivity contribution in [3.63, 3.8) is 0 Å². The summed E-state index contributed by atoms with van der Waals surface area (Å²) in [6, 6.07) is 28.1. The van der Waals surface area contributed by atoms with Gasteiger partial charge in [0.15, 0.2) is 0 Å². The third-order valence-corrected chi connectivity index (χ3v) is 7.85. The van der Waals surface area contributed by atoms with Gasteiger partial charge in [0.2, 0.25) is 0 Å². The van der Waals surface area contributed by atoms with Gasteiger partial charge in [-0.2, -0.15) is 0 Å². The van der Waals surface area contributed by atoms with E-state index in [1.807, 2.05) is 6.07 Å². The van der Waals surface area contributed by atoms with Crippen LogP contribution in [0.3, 0.4) is 0 Å². The van der Waals surface area contributed by atoms with Crippen LogP contribution < -0.4 is 15.9 Å². The van der Waals surface area contributed by atoms with E-state index < -0.39 is 7.92 Å². The van der Waals surface area contributed by atoms with E-state index in [0.29, 0.717) is 0 Å². The molecule has 3 heteroatoms. The van der Waals surface area contributed by atoms with Gasteiger partial charge >= 0.3 is 0 Å². The summed E-state index contributed by atoms with van der Waals surface area (Å²) in [5.41, 5.74) is 2.64. The van der Waals surface area contributed by atoms with Crippen molar-refractivity contribution in [1.82, 2.24) is 0 Å². The molecule has 0 N–H and O–H groups in total. The first-order valence-corrected chi connectivity index (χ1v) is 11.6. The number of rotatable bonds is 4. The fraction of sp³-hybridized carbons (Fsp3) is 0.154. The van der Waals surface area contributed by atoms with Gasteiger partial charge < -0.3 is 0 Å². The van der Waals surface area contributed by atoms with Gasteiger partial charge in [-0.25, -0.2) is 0 Å². The Labute approximate surface area is 193 Å². The third kappa shape index (κ3) is 5.35. The summed E-state index contributed by atoms with van der Waals surface area (Å²) in [5, 5.41) is 4.94. The van der Waals surface area contributed by atoms with Crippen LogP contribution in [0, 0.1) is 0 Å². The molecule has 0 heterocycles. The van der Waals surface area contributed by atoms with Crippen molar-refractivity contribution in [1.29, 1.82) is 0 Å². The minimum absolute atomic E-state index is 0. The zero-order valence-corrected chi connectivity index (χ0v) is 19.5. The van der Waals surface area contributed by atoms with Gasteiger partial charge in [0, 0.05) is 30.1 Å². The summed E-state index contributed by atoms with van der Waals surface area (Å²) >= 11 is 6.83. The van der Waals surface area contributed by atoms with Crippen LogP contribution in [-0.4, -0.2) is 0 Å². The zero-order chi connectivity index (χ0) is 19.2. The molecule has 0 bridgehead atoms. The third-order valence-electron chi connectivity index (χ3n) is 5.05. The summed E-state index contributed by atoms with van der Waals surface area (Å²) in [6.07, 6.45) is 11.3. The molecular formula is C26H24ClPRh. The van der Waals surface area contributed by atoms with Gasteiger partial charge in [-0.3, -0.25) is 0 Å². The fourth-order valence-electron chi connectivity index (χ4n) is 3.76. The first kappa shape index (κ1) is 22.2. The number of hydrogen-bond acceptors (Lipinski definition) is 0. The smallest absolute Gasteiger partial charge is 0.0487 e. The number of allylic oxidation sites excluding steroid dienone is 4. The average Bonchev–Trinajstić information content (AvgIpc) is 2.71. The molecule has 1 aliphatic carbocycles. The molecule has 1 radical (unpaired) electrons.